The number of rotatable bonds is 6. The highest BCUT2D eigenvalue weighted by molar-refractivity contribution is 7.71. The van der Waals surface area contributed by atoms with E-state index in [0.29, 0.717) is 6.54 Å². The van der Waals surface area contributed by atoms with Crippen LogP contribution in [-0.4, -0.2) is 29.6 Å². The van der Waals surface area contributed by atoms with Gasteiger partial charge in [-0.3, -0.25) is 9.13 Å². The van der Waals surface area contributed by atoms with Crippen molar-refractivity contribution in [1.29, 1.82) is 0 Å². The molecule has 0 fully saturated rings. The summed E-state index contributed by atoms with van der Waals surface area (Å²) < 4.78 is 29.5. The first kappa shape index (κ1) is 16.9. The van der Waals surface area contributed by atoms with Gasteiger partial charge >= 0.3 is 21.2 Å². The molecule has 8 nitrogen and oxygen atoms in total. The van der Waals surface area contributed by atoms with Crippen molar-refractivity contribution in [1.82, 2.24) is 9.55 Å². The lowest BCUT2D eigenvalue weighted by molar-refractivity contribution is 0.335. The molecule has 0 radical (unpaired) electrons. The Balaban J connectivity index is 2.20. The van der Waals surface area contributed by atoms with E-state index in [1.165, 1.54) is 10.8 Å². The van der Waals surface area contributed by atoms with E-state index in [9.17, 15) is 14.0 Å². The SMILES string of the molecule is CC(P(=O)(O)O)P(=O)(O)Oc1nccn1Cc1ccccc1. The van der Waals surface area contributed by atoms with Crippen molar-refractivity contribution in [3.8, 4) is 6.01 Å². The predicted molar refractivity (Wildman–Crippen MR) is 79.7 cm³/mol. The van der Waals surface area contributed by atoms with Gasteiger partial charge in [0.25, 0.3) is 0 Å². The molecule has 22 heavy (non-hydrogen) atoms. The van der Waals surface area contributed by atoms with Gasteiger partial charge < -0.3 is 19.2 Å². The zero-order valence-electron chi connectivity index (χ0n) is 11.7. The van der Waals surface area contributed by atoms with Crippen LogP contribution >= 0.6 is 15.2 Å². The minimum atomic E-state index is -4.75. The Morgan fingerprint density at radius 1 is 1.23 bits per heavy atom. The number of imidazole rings is 1. The molecule has 0 saturated carbocycles. The Morgan fingerprint density at radius 3 is 2.45 bits per heavy atom. The first-order chi connectivity index (χ1) is 10.2. The van der Waals surface area contributed by atoms with Crippen LogP contribution in [0.25, 0.3) is 0 Å². The molecule has 0 spiro atoms. The van der Waals surface area contributed by atoms with Crippen LogP contribution in [0.5, 0.6) is 6.01 Å². The first-order valence-electron chi connectivity index (χ1n) is 6.32. The average molecular weight is 346 g/mol. The molecule has 10 heteroatoms. The molecule has 2 atom stereocenters. The highest BCUT2D eigenvalue weighted by atomic mass is 31.2. The zero-order chi connectivity index (χ0) is 16.4. The van der Waals surface area contributed by atoms with Crippen LogP contribution in [0.1, 0.15) is 12.5 Å². The van der Waals surface area contributed by atoms with Gasteiger partial charge in [-0.05, 0) is 12.5 Å². The molecule has 1 aromatic carbocycles. The highest BCUT2D eigenvalue weighted by Crippen LogP contribution is 2.61. The molecule has 3 N–H and O–H groups in total. The molecule has 2 aromatic rings. The number of hydrogen-bond donors (Lipinski definition) is 3. The summed E-state index contributed by atoms with van der Waals surface area (Å²) in [4.78, 5) is 31.6. The Hall–Kier alpha value is -1.43. The molecule has 0 aliphatic carbocycles. The van der Waals surface area contributed by atoms with Crippen LogP contribution in [0.4, 0.5) is 0 Å². The van der Waals surface area contributed by atoms with Gasteiger partial charge in [0.15, 0.2) is 5.40 Å². The first-order valence-corrected chi connectivity index (χ1v) is 9.65. The molecular formula is C12H16N2O6P2. The third kappa shape index (κ3) is 4.06. The van der Waals surface area contributed by atoms with Gasteiger partial charge in [-0.1, -0.05) is 30.3 Å². The normalized spacial score (nSPS) is 16.0. The lowest BCUT2D eigenvalue weighted by Crippen LogP contribution is -2.11. The van der Waals surface area contributed by atoms with E-state index in [2.05, 4.69) is 4.98 Å². The zero-order valence-corrected chi connectivity index (χ0v) is 13.5. The van der Waals surface area contributed by atoms with E-state index in [1.807, 2.05) is 30.3 Å². The highest BCUT2D eigenvalue weighted by Gasteiger charge is 2.43. The van der Waals surface area contributed by atoms with Crippen LogP contribution in [0.15, 0.2) is 42.7 Å². The lowest BCUT2D eigenvalue weighted by Gasteiger charge is -2.20. The maximum absolute atomic E-state index is 12.0. The van der Waals surface area contributed by atoms with Crippen LogP contribution in [0.2, 0.25) is 0 Å². The molecule has 0 bridgehead atoms. The Labute approximate surface area is 127 Å². The summed E-state index contributed by atoms with van der Waals surface area (Å²) in [6.45, 7) is 1.31. The fourth-order valence-corrected chi connectivity index (χ4v) is 3.88. The van der Waals surface area contributed by atoms with E-state index >= 15 is 0 Å². The van der Waals surface area contributed by atoms with E-state index < -0.39 is 20.6 Å². The molecular weight excluding hydrogens is 330 g/mol. The molecule has 0 saturated heterocycles. The van der Waals surface area contributed by atoms with Crippen molar-refractivity contribution in [3.63, 3.8) is 0 Å². The van der Waals surface area contributed by atoms with Gasteiger partial charge in [0.1, 0.15) is 0 Å². The van der Waals surface area contributed by atoms with Crippen LogP contribution in [-0.2, 0) is 15.7 Å². The summed E-state index contributed by atoms with van der Waals surface area (Å²) in [5.41, 5.74) is 0.918. The van der Waals surface area contributed by atoms with Crippen molar-refractivity contribution in [2.45, 2.75) is 18.9 Å². The van der Waals surface area contributed by atoms with Crippen molar-refractivity contribution in [2.75, 3.05) is 0 Å². The van der Waals surface area contributed by atoms with Gasteiger partial charge in [0.2, 0.25) is 0 Å². The number of aromatic nitrogens is 2. The summed E-state index contributed by atoms with van der Waals surface area (Å²) in [5, 5.41) is -1.83. The lowest BCUT2D eigenvalue weighted by atomic mass is 10.2. The van der Waals surface area contributed by atoms with E-state index in [-0.39, 0.29) is 6.01 Å². The summed E-state index contributed by atoms with van der Waals surface area (Å²) in [6, 6.07) is 9.11. The molecule has 2 rings (SSSR count). The molecule has 0 amide bonds. The standard InChI is InChI=1S/C12H16N2O6P2/c1-10(21(15,16)17)22(18,19)20-12-13-7-8-14(12)9-11-5-3-2-4-6-11/h2-8,10H,9H2,1H3,(H,18,19)(H2,15,16,17). The third-order valence-corrected chi connectivity index (χ3v) is 7.17. The molecule has 120 valence electrons. The minimum absolute atomic E-state index is 0.171. The fraction of sp³-hybridized carbons (Fsp3) is 0.250. The minimum Gasteiger partial charge on any atom is -0.390 e. The number of benzene rings is 1. The van der Waals surface area contributed by atoms with Crippen molar-refractivity contribution in [3.05, 3.63) is 48.3 Å². The molecule has 1 aromatic heterocycles. The second-order valence-electron chi connectivity index (χ2n) is 4.70. The Kier molecular flexibility index (Phi) is 4.90. The van der Waals surface area contributed by atoms with Gasteiger partial charge in [0, 0.05) is 12.4 Å². The van der Waals surface area contributed by atoms with Crippen molar-refractivity contribution in [2.24, 2.45) is 0 Å². The maximum Gasteiger partial charge on any atom is 0.393 e. The topological polar surface area (TPSA) is 122 Å². The average Bonchev–Trinajstić information content (AvgIpc) is 2.84. The van der Waals surface area contributed by atoms with Crippen molar-refractivity contribution >= 4 is 15.2 Å². The second-order valence-corrected chi connectivity index (χ2v) is 9.15. The van der Waals surface area contributed by atoms with Gasteiger partial charge in [-0.15, -0.1) is 0 Å². The van der Waals surface area contributed by atoms with Gasteiger partial charge in [-0.2, -0.15) is 0 Å². The molecule has 2 unspecified atom stereocenters. The fourth-order valence-electron chi connectivity index (χ4n) is 1.68. The van der Waals surface area contributed by atoms with Crippen LogP contribution < -0.4 is 4.52 Å². The smallest absolute Gasteiger partial charge is 0.390 e. The summed E-state index contributed by atoms with van der Waals surface area (Å²) in [6.07, 6.45) is 2.92. The third-order valence-electron chi connectivity index (χ3n) is 3.04. The Morgan fingerprint density at radius 2 is 1.86 bits per heavy atom. The second kappa shape index (κ2) is 6.36. The van der Waals surface area contributed by atoms with E-state index in [1.54, 1.807) is 6.20 Å². The summed E-state index contributed by atoms with van der Waals surface area (Å²) in [5.74, 6) is 0. The van der Waals surface area contributed by atoms with E-state index in [4.69, 9.17) is 14.3 Å². The van der Waals surface area contributed by atoms with Crippen LogP contribution in [0.3, 0.4) is 0 Å². The largest absolute Gasteiger partial charge is 0.393 e. The van der Waals surface area contributed by atoms with Gasteiger partial charge in [-0.25, -0.2) is 9.55 Å². The van der Waals surface area contributed by atoms with Gasteiger partial charge in [0.05, 0.1) is 6.54 Å². The monoisotopic (exact) mass is 346 g/mol. The summed E-state index contributed by atoms with van der Waals surface area (Å²) >= 11 is 0. The number of nitrogens with zero attached hydrogens (tertiary/aromatic N) is 2. The van der Waals surface area contributed by atoms with Crippen molar-refractivity contribution < 1.29 is 28.3 Å². The molecule has 0 aliphatic heterocycles. The van der Waals surface area contributed by atoms with E-state index in [0.717, 1.165) is 12.5 Å². The van der Waals surface area contributed by atoms with Crippen LogP contribution in [0, 0.1) is 0 Å². The quantitative estimate of drug-likeness (QED) is 0.684. The maximum atomic E-state index is 12.0. The number of hydrogen-bond acceptors (Lipinski definition) is 4. The predicted octanol–water partition coefficient (Wildman–Crippen LogP) is 2.02. The molecule has 1 heterocycles. The Bertz CT molecular complexity index is 726. The molecule has 0 aliphatic rings. The summed E-state index contributed by atoms with van der Waals surface area (Å²) in [7, 11) is -9.33.